The normalized spacial score (nSPS) is 12.9. The lowest BCUT2D eigenvalue weighted by Crippen LogP contribution is -2.28. The number of nitrogens with zero attached hydrogens (tertiary/aromatic N) is 2. The van der Waals surface area contributed by atoms with Gasteiger partial charge in [-0.25, -0.2) is 4.98 Å². The molecule has 2 aromatic heterocycles. The summed E-state index contributed by atoms with van der Waals surface area (Å²) in [6.45, 7) is 4.45. The molecule has 0 aliphatic carbocycles. The van der Waals surface area contributed by atoms with Crippen LogP contribution in [0.1, 0.15) is 26.0 Å². The summed E-state index contributed by atoms with van der Waals surface area (Å²) < 4.78 is 1.97. The molecule has 2 rings (SSSR count). The quantitative estimate of drug-likeness (QED) is 0.884. The van der Waals surface area contributed by atoms with E-state index in [4.69, 9.17) is 0 Å². The van der Waals surface area contributed by atoms with Crippen LogP contribution < -0.4 is 5.32 Å². The second-order valence-electron chi connectivity index (χ2n) is 3.85. The zero-order valence-electron chi connectivity index (χ0n) is 9.43. The molecule has 0 bridgehead atoms. The Bertz CT molecular complexity index is 460. The van der Waals surface area contributed by atoms with Crippen LogP contribution in [0.4, 0.5) is 0 Å². The Kier molecular flexibility index (Phi) is 3.24. The van der Waals surface area contributed by atoms with Gasteiger partial charge in [-0.15, -0.1) is 11.3 Å². The number of amides is 1. The fourth-order valence-corrected chi connectivity index (χ4v) is 2.12. The minimum atomic E-state index is 0.0729. The molecule has 5 heteroatoms. The first-order chi connectivity index (χ1) is 7.70. The van der Waals surface area contributed by atoms with Gasteiger partial charge in [-0.3, -0.25) is 9.20 Å². The van der Waals surface area contributed by atoms with E-state index in [9.17, 15) is 4.79 Å². The summed E-state index contributed by atoms with van der Waals surface area (Å²) >= 11 is 1.59. The molecule has 2 aromatic rings. The first-order valence-electron chi connectivity index (χ1n) is 5.39. The molecule has 0 radical (unpaired) electrons. The molecule has 0 saturated heterocycles. The molecule has 0 aromatic carbocycles. The number of nitrogens with one attached hydrogen (secondary N) is 1. The van der Waals surface area contributed by atoms with E-state index in [1.807, 2.05) is 36.0 Å². The molecule has 0 aliphatic heterocycles. The molecule has 0 aliphatic rings. The zero-order chi connectivity index (χ0) is 11.5. The number of imidazole rings is 1. The largest absolute Gasteiger partial charge is 0.350 e. The maximum atomic E-state index is 11.6. The Morgan fingerprint density at radius 1 is 1.69 bits per heavy atom. The number of fused-ring (bicyclic) bond motifs is 1. The molecule has 1 amide bonds. The molecule has 1 N–H and O–H groups in total. The lowest BCUT2D eigenvalue weighted by Gasteiger charge is -2.08. The zero-order valence-corrected chi connectivity index (χ0v) is 10.3. The maximum Gasteiger partial charge on any atom is 0.223 e. The lowest BCUT2D eigenvalue weighted by atomic mass is 10.1. The summed E-state index contributed by atoms with van der Waals surface area (Å²) in [6, 6.07) is 0. The maximum absolute atomic E-state index is 11.6. The summed E-state index contributed by atoms with van der Waals surface area (Å²) in [5, 5.41) is 4.88. The van der Waals surface area contributed by atoms with Crippen molar-refractivity contribution in [3.63, 3.8) is 0 Å². The molecule has 0 saturated carbocycles. The highest BCUT2D eigenvalue weighted by Crippen LogP contribution is 2.11. The fraction of sp³-hybridized carbons (Fsp3) is 0.455. The highest BCUT2D eigenvalue weighted by atomic mass is 32.1. The Morgan fingerprint density at radius 3 is 3.19 bits per heavy atom. The van der Waals surface area contributed by atoms with Crippen LogP contribution in [-0.2, 0) is 11.3 Å². The lowest BCUT2D eigenvalue weighted by molar-refractivity contribution is -0.124. The number of aromatic nitrogens is 2. The van der Waals surface area contributed by atoms with Crippen molar-refractivity contribution in [2.75, 3.05) is 0 Å². The minimum Gasteiger partial charge on any atom is -0.350 e. The third-order valence-corrected chi connectivity index (χ3v) is 3.42. The van der Waals surface area contributed by atoms with Crippen LogP contribution in [0.3, 0.4) is 0 Å². The van der Waals surface area contributed by atoms with Crippen LogP contribution in [0.2, 0.25) is 0 Å². The second-order valence-corrected chi connectivity index (χ2v) is 4.73. The molecule has 16 heavy (non-hydrogen) atoms. The number of hydrogen-bond acceptors (Lipinski definition) is 3. The van der Waals surface area contributed by atoms with Crippen LogP contribution in [0.5, 0.6) is 0 Å². The van der Waals surface area contributed by atoms with Crippen molar-refractivity contribution in [2.24, 2.45) is 5.92 Å². The summed E-state index contributed by atoms with van der Waals surface area (Å²) in [4.78, 5) is 16.9. The van der Waals surface area contributed by atoms with Gasteiger partial charge in [-0.05, 0) is 6.42 Å². The van der Waals surface area contributed by atoms with E-state index in [1.165, 1.54) is 0 Å². The average molecular weight is 237 g/mol. The van der Waals surface area contributed by atoms with Crippen LogP contribution in [-0.4, -0.2) is 15.3 Å². The molecular weight excluding hydrogens is 222 g/mol. The summed E-state index contributed by atoms with van der Waals surface area (Å²) in [7, 11) is 0. The topological polar surface area (TPSA) is 46.4 Å². The van der Waals surface area contributed by atoms with Crippen molar-refractivity contribution >= 4 is 22.2 Å². The molecule has 0 spiro atoms. The molecule has 2 heterocycles. The van der Waals surface area contributed by atoms with E-state index in [1.54, 1.807) is 11.3 Å². The molecule has 0 fully saturated rings. The summed E-state index contributed by atoms with van der Waals surface area (Å²) in [5.74, 6) is 0.169. The van der Waals surface area contributed by atoms with Gasteiger partial charge in [-0.2, -0.15) is 0 Å². The minimum absolute atomic E-state index is 0.0729. The molecule has 4 nitrogen and oxygen atoms in total. The van der Waals surface area contributed by atoms with E-state index >= 15 is 0 Å². The number of thiazole rings is 1. The SMILES string of the molecule is CCC(C)C(=O)NCc1cn2ccsc2n1. The van der Waals surface area contributed by atoms with Gasteiger partial charge in [0.25, 0.3) is 0 Å². The predicted octanol–water partition coefficient (Wildman–Crippen LogP) is 2.06. The van der Waals surface area contributed by atoms with Gasteiger partial charge >= 0.3 is 0 Å². The van der Waals surface area contributed by atoms with Gasteiger partial charge in [0.2, 0.25) is 5.91 Å². The Morgan fingerprint density at radius 2 is 2.50 bits per heavy atom. The van der Waals surface area contributed by atoms with Gasteiger partial charge in [0.15, 0.2) is 4.96 Å². The van der Waals surface area contributed by atoms with Gasteiger partial charge in [0.1, 0.15) is 0 Å². The fourth-order valence-electron chi connectivity index (χ4n) is 1.40. The standard InChI is InChI=1S/C11H15N3OS/c1-3-8(2)10(15)12-6-9-7-14-4-5-16-11(14)13-9/h4-5,7-8H,3,6H2,1-2H3,(H,12,15). The van der Waals surface area contributed by atoms with E-state index < -0.39 is 0 Å². The number of carbonyl (C=O) groups is 1. The third kappa shape index (κ3) is 2.24. The van der Waals surface area contributed by atoms with Gasteiger partial charge in [0, 0.05) is 23.7 Å². The molecule has 1 unspecified atom stereocenters. The predicted molar refractivity (Wildman–Crippen MR) is 64.4 cm³/mol. The van der Waals surface area contributed by atoms with Crippen LogP contribution in [0.15, 0.2) is 17.8 Å². The Labute approximate surface area is 98.3 Å². The molecule has 1 atom stereocenters. The Hall–Kier alpha value is -1.36. The average Bonchev–Trinajstić information content (AvgIpc) is 2.84. The monoisotopic (exact) mass is 237 g/mol. The van der Waals surface area contributed by atoms with Crippen molar-refractivity contribution in [1.82, 2.24) is 14.7 Å². The summed E-state index contributed by atoms with van der Waals surface area (Å²) in [6.07, 6.45) is 4.78. The highest BCUT2D eigenvalue weighted by Gasteiger charge is 2.10. The number of rotatable bonds is 4. The highest BCUT2D eigenvalue weighted by molar-refractivity contribution is 7.15. The van der Waals surface area contributed by atoms with Crippen LogP contribution >= 0.6 is 11.3 Å². The summed E-state index contributed by atoms with van der Waals surface area (Å²) in [5.41, 5.74) is 0.906. The van der Waals surface area contributed by atoms with E-state index in [2.05, 4.69) is 10.3 Å². The molecular formula is C11H15N3OS. The second kappa shape index (κ2) is 4.65. The number of carbonyl (C=O) groups excluding carboxylic acids is 1. The third-order valence-electron chi connectivity index (χ3n) is 2.65. The van der Waals surface area contributed by atoms with Crippen molar-refractivity contribution in [1.29, 1.82) is 0 Å². The number of hydrogen-bond donors (Lipinski definition) is 1. The van der Waals surface area contributed by atoms with Crippen molar-refractivity contribution in [3.8, 4) is 0 Å². The first kappa shape index (κ1) is 11.1. The van der Waals surface area contributed by atoms with Gasteiger partial charge in [0.05, 0.1) is 12.2 Å². The molecule has 86 valence electrons. The Balaban J connectivity index is 1.95. The first-order valence-corrected chi connectivity index (χ1v) is 6.27. The van der Waals surface area contributed by atoms with Crippen molar-refractivity contribution < 1.29 is 4.79 Å². The smallest absolute Gasteiger partial charge is 0.223 e. The van der Waals surface area contributed by atoms with E-state index in [0.717, 1.165) is 17.1 Å². The van der Waals surface area contributed by atoms with E-state index in [0.29, 0.717) is 6.54 Å². The van der Waals surface area contributed by atoms with Crippen molar-refractivity contribution in [2.45, 2.75) is 26.8 Å². The van der Waals surface area contributed by atoms with Crippen molar-refractivity contribution in [3.05, 3.63) is 23.5 Å². The van der Waals surface area contributed by atoms with Gasteiger partial charge < -0.3 is 5.32 Å². The van der Waals surface area contributed by atoms with Crippen LogP contribution in [0, 0.1) is 5.92 Å². The van der Waals surface area contributed by atoms with E-state index in [-0.39, 0.29) is 11.8 Å². The van der Waals surface area contributed by atoms with Gasteiger partial charge in [-0.1, -0.05) is 13.8 Å². The van der Waals surface area contributed by atoms with Crippen LogP contribution in [0.25, 0.3) is 4.96 Å².